The Morgan fingerprint density at radius 2 is 2.33 bits per heavy atom. The van der Waals surface area contributed by atoms with Crippen LogP contribution in [-0.2, 0) is 0 Å². The van der Waals surface area contributed by atoms with Crippen LogP contribution in [0, 0.1) is 5.92 Å². The summed E-state index contributed by atoms with van der Waals surface area (Å²) in [4.78, 5) is 6.84. The molecule has 4 heterocycles. The molecule has 1 N–H and O–H groups in total. The number of anilines is 1. The minimum absolute atomic E-state index is 0.615. The van der Waals surface area contributed by atoms with Gasteiger partial charge in [0.15, 0.2) is 5.82 Å². The molecule has 4 rings (SSSR count). The van der Waals surface area contributed by atoms with Crippen LogP contribution in [0.25, 0.3) is 5.65 Å². The van der Waals surface area contributed by atoms with Gasteiger partial charge < -0.3 is 10.2 Å². The van der Waals surface area contributed by atoms with E-state index in [1.807, 2.05) is 16.8 Å². The van der Waals surface area contributed by atoms with Crippen LogP contribution in [0.1, 0.15) is 12.8 Å². The average Bonchev–Trinajstić information content (AvgIpc) is 3.04. The summed E-state index contributed by atoms with van der Waals surface area (Å²) in [6, 6.07) is 0.615. The van der Waals surface area contributed by atoms with Crippen LogP contribution in [-0.4, -0.2) is 45.3 Å². The maximum absolute atomic E-state index is 4.49. The third kappa shape index (κ3) is 1.49. The Kier molecular flexibility index (Phi) is 2.23. The van der Waals surface area contributed by atoms with Crippen LogP contribution in [0.5, 0.6) is 0 Å². The van der Waals surface area contributed by atoms with E-state index in [0.29, 0.717) is 6.04 Å². The topological polar surface area (TPSA) is 58.4 Å². The molecule has 2 aliphatic rings. The maximum Gasteiger partial charge on any atom is 0.203 e. The number of nitrogens with one attached hydrogen (secondary N) is 1. The molecule has 2 aromatic heterocycles. The Hall–Kier alpha value is -1.69. The minimum Gasteiger partial charge on any atom is -0.352 e. The molecule has 0 bridgehead atoms. The van der Waals surface area contributed by atoms with Gasteiger partial charge >= 0.3 is 0 Å². The quantitative estimate of drug-likeness (QED) is 0.782. The van der Waals surface area contributed by atoms with Gasteiger partial charge in [0.1, 0.15) is 6.33 Å². The van der Waals surface area contributed by atoms with Gasteiger partial charge in [-0.3, -0.25) is 4.40 Å². The largest absolute Gasteiger partial charge is 0.352 e. The van der Waals surface area contributed by atoms with Gasteiger partial charge in [-0.1, -0.05) is 0 Å². The number of rotatable bonds is 1. The fourth-order valence-corrected chi connectivity index (χ4v) is 3.19. The zero-order valence-electron chi connectivity index (χ0n) is 10.2. The van der Waals surface area contributed by atoms with Crippen LogP contribution in [0.4, 0.5) is 5.82 Å². The molecule has 0 aliphatic carbocycles. The van der Waals surface area contributed by atoms with E-state index < -0.39 is 0 Å². The molecule has 2 saturated heterocycles. The van der Waals surface area contributed by atoms with E-state index in [0.717, 1.165) is 37.0 Å². The fourth-order valence-electron chi connectivity index (χ4n) is 3.19. The second kappa shape index (κ2) is 3.91. The summed E-state index contributed by atoms with van der Waals surface area (Å²) in [5.41, 5.74) is 0.858. The van der Waals surface area contributed by atoms with Gasteiger partial charge in [0.25, 0.3) is 0 Å². The van der Waals surface area contributed by atoms with Crippen molar-refractivity contribution in [1.29, 1.82) is 0 Å². The third-order valence-electron chi connectivity index (χ3n) is 4.10. The van der Waals surface area contributed by atoms with Gasteiger partial charge in [0, 0.05) is 31.5 Å². The van der Waals surface area contributed by atoms with E-state index in [1.165, 1.54) is 12.8 Å². The molecule has 0 aromatic carbocycles. The Balaban J connectivity index is 1.69. The monoisotopic (exact) mass is 244 g/mol. The molecule has 2 aromatic rings. The lowest BCUT2D eigenvalue weighted by molar-refractivity contribution is 0.340. The van der Waals surface area contributed by atoms with Crippen molar-refractivity contribution < 1.29 is 0 Å². The Bertz CT molecular complexity index is 550. The van der Waals surface area contributed by atoms with Gasteiger partial charge in [0.2, 0.25) is 5.65 Å². The van der Waals surface area contributed by atoms with Crippen molar-refractivity contribution in [2.75, 3.05) is 24.5 Å². The number of hydrogen-bond donors (Lipinski definition) is 1. The molecule has 0 radical (unpaired) electrons. The van der Waals surface area contributed by atoms with Gasteiger partial charge in [-0.25, -0.2) is 4.98 Å². The van der Waals surface area contributed by atoms with Gasteiger partial charge in [-0.05, 0) is 25.3 Å². The first-order valence-corrected chi connectivity index (χ1v) is 6.54. The molecule has 2 atom stereocenters. The van der Waals surface area contributed by atoms with Crippen molar-refractivity contribution in [2.24, 2.45) is 5.92 Å². The highest BCUT2D eigenvalue weighted by Crippen LogP contribution is 2.29. The van der Waals surface area contributed by atoms with E-state index in [2.05, 4.69) is 25.4 Å². The average molecular weight is 244 g/mol. The zero-order chi connectivity index (χ0) is 11.9. The number of aromatic nitrogens is 4. The summed E-state index contributed by atoms with van der Waals surface area (Å²) in [6.07, 6.45) is 8.05. The van der Waals surface area contributed by atoms with Gasteiger partial charge in [-0.15, -0.1) is 10.2 Å². The third-order valence-corrected chi connectivity index (χ3v) is 4.10. The van der Waals surface area contributed by atoms with Crippen LogP contribution < -0.4 is 10.2 Å². The van der Waals surface area contributed by atoms with E-state index in [4.69, 9.17) is 0 Å². The zero-order valence-corrected chi connectivity index (χ0v) is 10.2. The van der Waals surface area contributed by atoms with E-state index in [-0.39, 0.29) is 0 Å². The summed E-state index contributed by atoms with van der Waals surface area (Å²) in [5, 5.41) is 11.7. The van der Waals surface area contributed by atoms with Crippen LogP contribution in [0.2, 0.25) is 0 Å². The Labute approximate surface area is 105 Å². The molecule has 6 heteroatoms. The van der Waals surface area contributed by atoms with Gasteiger partial charge in [0.05, 0.1) is 0 Å². The van der Waals surface area contributed by atoms with Crippen LogP contribution in [0.15, 0.2) is 18.7 Å². The molecule has 94 valence electrons. The van der Waals surface area contributed by atoms with Crippen molar-refractivity contribution in [3.8, 4) is 0 Å². The lowest BCUT2D eigenvalue weighted by atomic mass is 9.94. The lowest BCUT2D eigenvalue weighted by Crippen LogP contribution is -2.40. The lowest BCUT2D eigenvalue weighted by Gasteiger charge is -2.24. The van der Waals surface area contributed by atoms with Crippen molar-refractivity contribution >= 4 is 11.5 Å². The smallest absolute Gasteiger partial charge is 0.203 e. The minimum atomic E-state index is 0.615. The number of fused-ring (bicyclic) bond motifs is 2. The molecular weight excluding hydrogens is 228 g/mol. The first-order valence-electron chi connectivity index (χ1n) is 6.54. The molecule has 2 fully saturated rings. The SMILES string of the molecule is c1cn2cnnc2c(N2C[C@@H]3CCCN[C@@H]3C2)n1. The molecule has 6 nitrogen and oxygen atoms in total. The molecule has 18 heavy (non-hydrogen) atoms. The number of piperidine rings is 1. The first-order chi connectivity index (χ1) is 8.92. The highest BCUT2D eigenvalue weighted by atomic mass is 15.3. The second-order valence-corrected chi connectivity index (χ2v) is 5.18. The molecular formula is C12H16N6. The maximum atomic E-state index is 4.49. The fraction of sp³-hybridized carbons (Fsp3) is 0.583. The summed E-state index contributed by atoms with van der Waals surface area (Å²) in [7, 11) is 0. The molecule has 0 saturated carbocycles. The van der Waals surface area contributed by atoms with Crippen molar-refractivity contribution in [1.82, 2.24) is 24.9 Å². The number of hydrogen-bond acceptors (Lipinski definition) is 5. The molecule has 0 amide bonds. The summed E-state index contributed by atoms with van der Waals surface area (Å²) in [5.74, 6) is 1.72. The highest BCUT2D eigenvalue weighted by Gasteiger charge is 2.35. The molecule has 2 aliphatic heterocycles. The Morgan fingerprint density at radius 3 is 3.28 bits per heavy atom. The van der Waals surface area contributed by atoms with Crippen molar-refractivity contribution in [3.05, 3.63) is 18.7 Å². The second-order valence-electron chi connectivity index (χ2n) is 5.18. The van der Waals surface area contributed by atoms with Crippen molar-refractivity contribution in [2.45, 2.75) is 18.9 Å². The standard InChI is InChI=1S/C12H16N6/c1-2-9-6-18(7-10(9)13-3-1)11-12-16-15-8-17(12)5-4-14-11/h4-5,8-10,13H,1-3,6-7H2/t9-,10+/m0/s1. The molecule has 0 unspecified atom stereocenters. The van der Waals surface area contributed by atoms with E-state index >= 15 is 0 Å². The Morgan fingerprint density at radius 1 is 1.33 bits per heavy atom. The van der Waals surface area contributed by atoms with Crippen LogP contribution in [0.3, 0.4) is 0 Å². The highest BCUT2D eigenvalue weighted by molar-refractivity contribution is 5.63. The predicted molar refractivity (Wildman–Crippen MR) is 67.5 cm³/mol. The molecule has 0 spiro atoms. The summed E-state index contributed by atoms with van der Waals surface area (Å²) >= 11 is 0. The predicted octanol–water partition coefficient (Wildman–Crippen LogP) is 0.312. The summed E-state index contributed by atoms with van der Waals surface area (Å²) < 4.78 is 1.93. The number of nitrogens with zero attached hydrogens (tertiary/aromatic N) is 5. The van der Waals surface area contributed by atoms with Crippen molar-refractivity contribution in [3.63, 3.8) is 0 Å². The normalized spacial score (nSPS) is 27.7. The summed E-state index contributed by atoms with van der Waals surface area (Å²) in [6.45, 7) is 3.26. The van der Waals surface area contributed by atoms with Crippen LogP contribution >= 0.6 is 0 Å². The van der Waals surface area contributed by atoms with Gasteiger partial charge in [-0.2, -0.15) is 0 Å². The van der Waals surface area contributed by atoms with E-state index in [9.17, 15) is 0 Å². The first kappa shape index (κ1) is 10.3. The van der Waals surface area contributed by atoms with E-state index in [1.54, 1.807) is 6.33 Å².